The lowest BCUT2D eigenvalue weighted by Gasteiger charge is -2.38. The van der Waals surface area contributed by atoms with Crippen molar-refractivity contribution in [1.29, 1.82) is 0 Å². The molecule has 2 aliphatic heterocycles. The summed E-state index contributed by atoms with van der Waals surface area (Å²) in [7, 11) is 0. The summed E-state index contributed by atoms with van der Waals surface area (Å²) in [5.74, 6) is 2.22. The fourth-order valence-corrected chi connectivity index (χ4v) is 5.97. The van der Waals surface area contributed by atoms with Crippen LogP contribution in [0, 0.1) is 6.92 Å². The van der Waals surface area contributed by atoms with Crippen molar-refractivity contribution in [2.24, 2.45) is 0 Å². The molecule has 2 aliphatic rings. The molecule has 172 valence electrons. The van der Waals surface area contributed by atoms with Gasteiger partial charge in [-0.05, 0) is 49.6 Å². The molecule has 0 bridgehead atoms. The first-order chi connectivity index (χ1) is 16.1. The van der Waals surface area contributed by atoms with Gasteiger partial charge >= 0.3 is 0 Å². The van der Waals surface area contributed by atoms with Gasteiger partial charge in [0.25, 0.3) is 5.91 Å². The van der Waals surface area contributed by atoms with Crippen molar-refractivity contribution in [3.05, 3.63) is 69.7 Å². The van der Waals surface area contributed by atoms with Crippen LogP contribution in [0.15, 0.2) is 52.7 Å². The molecule has 0 saturated carbocycles. The zero-order chi connectivity index (χ0) is 22.7. The molecule has 0 radical (unpaired) electrons. The van der Waals surface area contributed by atoms with E-state index in [0.717, 1.165) is 51.3 Å². The molecule has 0 unspecified atom stereocenters. The number of nitrogens with one attached hydrogen (secondary N) is 1. The van der Waals surface area contributed by atoms with Crippen LogP contribution < -0.4 is 14.8 Å². The fraction of sp³-hybridized carbons (Fsp3) is 0.360. The molecule has 3 heterocycles. The molecule has 1 amide bonds. The summed E-state index contributed by atoms with van der Waals surface area (Å²) in [6.07, 6.45) is 1.68. The van der Waals surface area contributed by atoms with Crippen molar-refractivity contribution >= 4 is 29.0 Å². The number of hydrogen-bond acceptors (Lipinski definition) is 7. The Balaban J connectivity index is 1.31. The second kappa shape index (κ2) is 9.75. The maximum Gasteiger partial charge on any atom is 0.252 e. The van der Waals surface area contributed by atoms with Gasteiger partial charge in [0.05, 0.1) is 16.3 Å². The van der Waals surface area contributed by atoms with Crippen molar-refractivity contribution in [3.8, 4) is 11.5 Å². The van der Waals surface area contributed by atoms with E-state index in [1.807, 2.05) is 37.3 Å². The molecule has 33 heavy (non-hydrogen) atoms. The van der Waals surface area contributed by atoms with Gasteiger partial charge < -0.3 is 19.5 Å². The molecule has 5 rings (SSSR count). The number of hydrogen-bond donors (Lipinski definition) is 1. The summed E-state index contributed by atoms with van der Waals surface area (Å²) < 4.78 is 16.7. The molecular weight excluding hydrogens is 456 g/mol. The zero-order valence-corrected chi connectivity index (χ0v) is 20.1. The maximum absolute atomic E-state index is 13.3. The third-order valence-electron chi connectivity index (χ3n) is 6.20. The second-order valence-electron chi connectivity index (χ2n) is 8.29. The van der Waals surface area contributed by atoms with Gasteiger partial charge in [0.1, 0.15) is 0 Å². The molecule has 8 heteroatoms. The third kappa shape index (κ3) is 4.88. The summed E-state index contributed by atoms with van der Waals surface area (Å²) in [4.78, 5) is 18.8. The van der Waals surface area contributed by atoms with Crippen LogP contribution in [0.3, 0.4) is 0 Å². The quantitative estimate of drug-likeness (QED) is 0.481. The maximum atomic E-state index is 13.3. The van der Waals surface area contributed by atoms with Gasteiger partial charge in [0, 0.05) is 41.2 Å². The number of thiazole rings is 1. The number of carbonyl (C=O) groups excluding carboxylic acids is 1. The van der Waals surface area contributed by atoms with Crippen LogP contribution in [0.2, 0.25) is 0 Å². The standard InChI is InChI=1S/C25H26N2O4S2/c1-17-27-19(13-32-17)14-33-23-5-3-2-4-20(23)24(28)26-15-25(8-10-29-11-9-25)18-6-7-21-22(12-18)31-16-30-21/h2-7,12-13H,8-11,14-16H2,1H3,(H,26,28). The van der Waals surface area contributed by atoms with Gasteiger partial charge in [-0.25, -0.2) is 4.98 Å². The number of carbonyl (C=O) groups is 1. The van der Waals surface area contributed by atoms with E-state index in [9.17, 15) is 4.79 Å². The van der Waals surface area contributed by atoms with E-state index in [4.69, 9.17) is 14.2 Å². The van der Waals surface area contributed by atoms with E-state index in [-0.39, 0.29) is 18.1 Å². The lowest BCUT2D eigenvalue weighted by molar-refractivity contribution is 0.0486. The number of rotatable bonds is 7. The van der Waals surface area contributed by atoms with Crippen LogP contribution in [0.5, 0.6) is 11.5 Å². The third-order valence-corrected chi connectivity index (χ3v) is 8.13. The van der Waals surface area contributed by atoms with Gasteiger partial charge in [-0.3, -0.25) is 4.79 Å². The Bertz CT molecular complexity index is 1140. The average molecular weight is 483 g/mol. The number of thioether (sulfide) groups is 1. The summed E-state index contributed by atoms with van der Waals surface area (Å²) >= 11 is 3.29. The summed E-state index contributed by atoms with van der Waals surface area (Å²) in [5, 5.41) is 6.36. The van der Waals surface area contributed by atoms with Crippen LogP contribution in [0.25, 0.3) is 0 Å². The Kier molecular flexibility index (Phi) is 6.57. The predicted octanol–water partition coefficient (Wildman–Crippen LogP) is 4.95. The number of amides is 1. The highest BCUT2D eigenvalue weighted by atomic mass is 32.2. The molecule has 0 atom stereocenters. The minimum Gasteiger partial charge on any atom is -0.454 e. The first-order valence-electron chi connectivity index (χ1n) is 11.0. The zero-order valence-electron chi connectivity index (χ0n) is 18.5. The lowest BCUT2D eigenvalue weighted by Crippen LogP contribution is -2.44. The van der Waals surface area contributed by atoms with E-state index in [1.165, 1.54) is 0 Å². The molecule has 1 fully saturated rings. The fourth-order valence-electron chi connectivity index (χ4n) is 4.31. The lowest BCUT2D eigenvalue weighted by atomic mass is 9.74. The van der Waals surface area contributed by atoms with Gasteiger partial charge in [0.15, 0.2) is 11.5 Å². The molecule has 1 saturated heterocycles. The molecule has 1 aromatic heterocycles. The number of benzene rings is 2. The first-order valence-corrected chi connectivity index (χ1v) is 12.9. The smallest absolute Gasteiger partial charge is 0.252 e. The van der Waals surface area contributed by atoms with Crippen LogP contribution in [-0.2, 0) is 15.9 Å². The Hall–Kier alpha value is -2.55. The van der Waals surface area contributed by atoms with Crippen LogP contribution in [0.1, 0.15) is 39.5 Å². The summed E-state index contributed by atoms with van der Waals surface area (Å²) in [5.41, 5.74) is 2.69. The first kappa shape index (κ1) is 22.3. The van der Waals surface area contributed by atoms with E-state index < -0.39 is 0 Å². The van der Waals surface area contributed by atoms with Gasteiger partial charge in [-0.1, -0.05) is 18.2 Å². The molecule has 6 nitrogen and oxygen atoms in total. The van der Waals surface area contributed by atoms with Crippen LogP contribution >= 0.6 is 23.1 Å². The van der Waals surface area contributed by atoms with Crippen LogP contribution in [-0.4, -0.2) is 37.4 Å². The minimum absolute atomic E-state index is 0.0563. The van der Waals surface area contributed by atoms with Gasteiger partial charge in [0.2, 0.25) is 6.79 Å². The van der Waals surface area contributed by atoms with Gasteiger partial charge in [-0.2, -0.15) is 0 Å². The SMILES string of the molecule is Cc1nc(CSc2ccccc2C(=O)NCC2(c3ccc4c(c3)OCO4)CCOCC2)cs1. The summed E-state index contributed by atoms with van der Waals surface area (Å²) in [6.45, 7) is 4.14. The van der Waals surface area contributed by atoms with Crippen molar-refractivity contribution in [1.82, 2.24) is 10.3 Å². The molecule has 2 aromatic carbocycles. The second-order valence-corrected chi connectivity index (χ2v) is 10.4. The Labute approximate surface area is 201 Å². The monoisotopic (exact) mass is 482 g/mol. The Morgan fingerprint density at radius 1 is 1.15 bits per heavy atom. The minimum atomic E-state index is -0.199. The highest BCUT2D eigenvalue weighted by Crippen LogP contribution is 2.40. The Morgan fingerprint density at radius 3 is 2.79 bits per heavy atom. The van der Waals surface area contributed by atoms with E-state index in [0.29, 0.717) is 25.3 Å². The molecule has 0 aliphatic carbocycles. The summed E-state index contributed by atoms with van der Waals surface area (Å²) in [6, 6.07) is 13.9. The predicted molar refractivity (Wildman–Crippen MR) is 129 cm³/mol. The van der Waals surface area contributed by atoms with Crippen molar-refractivity contribution in [2.45, 2.75) is 35.8 Å². The van der Waals surface area contributed by atoms with Crippen molar-refractivity contribution in [3.63, 3.8) is 0 Å². The van der Waals surface area contributed by atoms with Crippen molar-refractivity contribution in [2.75, 3.05) is 26.6 Å². The van der Waals surface area contributed by atoms with E-state index in [2.05, 4.69) is 27.8 Å². The molecule has 3 aromatic rings. The number of ether oxygens (including phenoxy) is 3. The number of fused-ring (bicyclic) bond motifs is 1. The molecular formula is C25H26N2O4S2. The normalized spacial score (nSPS) is 16.5. The highest BCUT2D eigenvalue weighted by Gasteiger charge is 2.36. The topological polar surface area (TPSA) is 69.7 Å². The van der Waals surface area contributed by atoms with E-state index in [1.54, 1.807) is 23.1 Å². The van der Waals surface area contributed by atoms with Crippen molar-refractivity contribution < 1.29 is 19.0 Å². The number of aryl methyl sites for hydroxylation is 1. The van der Waals surface area contributed by atoms with E-state index >= 15 is 0 Å². The molecule has 0 spiro atoms. The number of nitrogens with zero attached hydrogens (tertiary/aromatic N) is 1. The number of aromatic nitrogens is 1. The average Bonchev–Trinajstić information content (AvgIpc) is 3.50. The highest BCUT2D eigenvalue weighted by molar-refractivity contribution is 7.98. The molecule has 1 N–H and O–H groups in total. The van der Waals surface area contributed by atoms with Gasteiger partial charge in [-0.15, -0.1) is 23.1 Å². The largest absolute Gasteiger partial charge is 0.454 e. The van der Waals surface area contributed by atoms with Crippen LogP contribution in [0.4, 0.5) is 0 Å². The Morgan fingerprint density at radius 2 is 1.97 bits per heavy atom.